The number of nitrogens with one attached hydrogen (secondary N) is 2. The number of aromatic amines is 1. The number of anilines is 1. The lowest BCUT2D eigenvalue weighted by atomic mass is 9.95. The largest absolute Gasteiger partial charge is 0.496 e. The molecule has 0 aliphatic carbocycles. The summed E-state index contributed by atoms with van der Waals surface area (Å²) in [5.41, 5.74) is 1.50. The molecule has 0 radical (unpaired) electrons. The first kappa shape index (κ1) is 21.9. The third-order valence-electron chi connectivity index (χ3n) is 5.46. The number of halogens is 3. The number of H-pyrrole nitrogens is 1. The second-order valence-corrected chi connectivity index (χ2v) is 7.58. The van der Waals surface area contributed by atoms with E-state index < -0.39 is 11.7 Å². The Labute approximate surface area is 174 Å². The third-order valence-corrected chi connectivity index (χ3v) is 5.46. The van der Waals surface area contributed by atoms with Gasteiger partial charge in [0, 0.05) is 18.5 Å². The van der Waals surface area contributed by atoms with Gasteiger partial charge in [-0.3, -0.25) is 9.69 Å². The second-order valence-electron chi connectivity index (χ2n) is 7.58. The first-order valence-corrected chi connectivity index (χ1v) is 10.0. The highest BCUT2D eigenvalue weighted by atomic mass is 19.4. The normalized spacial score (nSPS) is 15.2. The lowest BCUT2D eigenvalue weighted by molar-refractivity contribution is -0.367. The zero-order chi connectivity index (χ0) is 21.7. The number of alkyl halides is 3. The van der Waals surface area contributed by atoms with Crippen LogP contribution in [0.4, 0.5) is 19.0 Å². The molecule has 8 heteroatoms. The van der Waals surface area contributed by atoms with Gasteiger partial charge in [0.25, 0.3) is 5.82 Å². The molecule has 1 saturated heterocycles. The molecule has 2 N–H and O–H groups in total. The summed E-state index contributed by atoms with van der Waals surface area (Å²) >= 11 is 0. The van der Waals surface area contributed by atoms with Gasteiger partial charge in [-0.2, -0.15) is 13.2 Å². The fraction of sp³-hybridized carbons (Fsp3) is 0.455. The van der Waals surface area contributed by atoms with E-state index in [0.717, 1.165) is 29.1 Å². The van der Waals surface area contributed by atoms with Gasteiger partial charge in [0.2, 0.25) is 5.91 Å². The molecule has 162 valence electrons. The molecule has 30 heavy (non-hydrogen) atoms. The molecule has 1 aliphatic rings. The Morgan fingerprint density at radius 3 is 2.57 bits per heavy atom. The van der Waals surface area contributed by atoms with Crippen molar-refractivity contribution in [1.82, 2.24) is 5.32 Å². The first-order valence-electron chi connectivity index (χ1n) is 10.0. The maximum absolute atomic E-state index is 12.7. The van der Waals surface area contributed by atoms with Crippen molar-refractivity contribution in [2.24, 2.45) is 5.92 Å². The molecule has 0 atom stereocenters. The smallest absolute Gasteiger partial charge is 0.419 e. The number of carbonyl (C=O) groups is 1. The number of pyridine rings is 1. The molecule has 1 fully saturated rings. The van der Waals surface area contributed by atoms with Gasteiger partial charge < -0.3 is 10.1 Å². The third kappa shape index (κ3) is 5.43. The van der Waals surface area contributed by atoms with Crippen molar-refractivity contribution in [3.8, 4) is 5.75 Å². The number of piperidine rings is 1. The molecule has 1 aliphatic heterocycles. The zero-order valence-electron chi connectivity index (χ0n) is 17.2. The fourth-order valence-electron chi connectivity index (χ4n) is 3.74. The second kappa shape index (κ2) is 9.36. The number of carbonyl (C=O) groups excluding carboxylic acids is 1. The highest BCUT2D eigenvalue weighted by Gasteiger charge is 2.33. The Morgan fingerprint density at radius 2 is 1.97 bits per heavy atom. The summed E-state index contributed by atoms with van der Waals surface area (Å²) in [6.45, 7) is 3.78. The maximum atomic E-state index is 12.7. The van der Waals surface area contributed by atoms with E-state index in [9.17, 15) is 18.0 Å². The van der Waals surface area contributed by atoms with Crippen molar-refractivity contribution < 1.29 is 27.7 Å². The molecule has 0 unspecified atom stereocenters. The molecule has 3 rings (SSSR count). The fourth-order valence-corrected chi connectivity index (χ4v) is 3.74. The van der Waals surface area contributed by atoms with Gasteiger partial charge >= 0.3 is 6.18 Å². The van der Waals surface area contributed by atoms with Crippen LogP contribution in [0, 0.1) is 12.8 Å². The Morgan fingerprint density at radius 1 is 1.23 bits per heavy atom. The maximum Gasteiger partial charge on any atom is 0.419 e. The topological polar surface area (TPSA) is 55.7 Å². The van der Waals surface area contributed by atoms with Crippen LogP contribution in [0.25, 0.3) is 0 Å². The molecule has 2 heterocycles. The quantitative estimate of drug-likeness (QED) is 0.776. The standard InChI is InChI=1S/C22H26F3N3O2/c1-15-3-5-19(30-2)17(13-15)7-10-26-21(29)16-8-11-28(12-9-16)20-6-4-18(14-27-20)22(23,24)25/h3-6,13-14,16H,7-12H2,1-2H3,(H,26,29)/p+1. The Hall–Kier alpha value is -2.77. The van der Waals surface area contributed by atoms with E-state index in [-0.39, 0.29) is 11.8 Å². The first-order chi connectivity index (χ1) is 14.3. The minimum absolute atomic E-state index is 0.0256. The van der Waals surface area contributed by atoms with Crippen LogP contribution in [0.3, 0.4) is 0 Å². The van der Waals surface area contributed by atoms with E-state index in [2.05, 4.69) is 16.4 Å². The van der Waals surface area contributed by atoms with Crippen LogP contribution in [0.15, 0.2) is 36.5 Å². The number of methoxy groups -OCH3 is 1. The van der Waals surface area contributed by atoms with Crippen LogP contribution in [0.2, 0.25) is 0 Å². The highest BCUT2D eigenvalue weighted by Crippen LogP contribution is 2.29. The molecular weight excluding hydrogens is 395 g/mol. The van der Waals surface area contributed by atoms with Gasteiger partial charge in [0.05, 0.1) is 25.8 Å². The van der Waals surface area contributed by atoms with Crippen molar-refractivity contribution >= 4 is 11.7 Å². The summed E-state index contributed by atoms with van der Waals surface area (Å²) in [7, 11) is 1.63. The zero-order valence-corrected chi connectivity index (χ0v) is 17.2. The monoisotopic (exact) mass is 422 g/mol. The van der Waals surface area contributed by atoms with Crippen LogP contribution in [-0.2, 0) is 17.4 Å². The number of hydrogen-bond acceptors (Lipinski definition) is 3. The lowest BCUT2D eigenvalue weighted by Gasteiger charge is -2.27. The predicted octanol–water partition coefficient (Wildman–Crippen LogP) is 3.41. The van der Waals surface area contributed by atoms with Crippen molar-refractivity contribution in [2.75, 3.05) is 31.6 Å². The van der Waals surface area contributed by atoms with Gasteiger partial charge in [-0.25, -0.2) is 4.98 Å². The number of benzene rings is 1. The Kier molecular flexibility index (Phi) is 6.84. The summed E-state index contributed by atoms with van der Waals surface area (Å²) in [5.74, 6) is 1.39. The summed E-state index contributed by atoms with van der Waals surface area (Å²) in [4.78, 5) is 17.2. The summed E-state index contributed by atoms with van der Waals surface area (Å²) in [5, 5.41) is 3.00. The number of amides is 1. The van der Waals surface area contributed by atoms with E-state index in [1.54, 1.807) is 7.11 Å². The average molecular weight is 422 g/mol. The lowest BCUT2D eigenvalue weighted by Crippen LogP contribution is -2.42. The van der Waals surface area contributed by atoms with Crippen LogP contribution in [0.1, 0.15) is 29.5 Å². The van der Waals surface area contributed by atoms with Crippen LogP contribution in [-0.4, -0.2) is 32.7 Å². The SMILES string of the molecule is COc1ccc(C)cc1CCNC(=O)C1CCN(c2ccc(C(F)(F)F)c[nH+]2)CC1. The van der Waals surface area contributed by atoms with E-state index >= 15 is 0 Å². The molecule has 1 aromatic heterocycles. The minimum Gasteiger partial charge on any atom is -0.496 e. The molecule has 5 nitrogen and oxygen atoms in total. The number of rotatable bonds is 6. The van der Waals surface area contributed by atoms with E-state index in [1.807, 2.05) is 24.0 Å². The van der Waals surface area contributed by atoms with Crippen molar-refractivity contribution in [1.29, 1.82) is 0 Å². The van der Waals surface area contributed by atoms with Gasteiger partial charge in [-0.15, -0.1) is 0 Å². The molecule has 0 saturated carbocycles. The minimum atomic E-state index is -4.36. The predicted molar refractivity (Wildman–Crippen MR) is 107 cm³/mol. The Bertz CT molecular complexity index is 861. The van der Waals surface area contributed by atoms with Gasteiger partial charge in [-0.05, 0) is 43.9 Å². The van der Waals surface area contributed by atoms with Crippen LogP contribution >= 0.6 is 0 Å². The number of aromatic nitrogens is 1. The molecule has 1 aromatic carbocycles. The van der Waals surface area contributed by atoms with Gasteiger partial charge in [0.1, 0.15) is 11.9 Å². The number of ether oxygens (including phenoxy) is 1. The summed E-state index contributed by atoms with van der Waals surface area (Å²) in [6.07, 6.45) is -1.37. The van der Waals surface area contributed by atoms with Crippen molar-refractivity contribution in [3.63, 3.8) is 0 Å². The highest BCUT2D eigenvalue weighted by molar-refractivity contribution is 5.79. The average Bonchev–Trinajstić information content (AvgIpc) is 2.73. The van der Waals surface area contributed by atoms with E-state index in [1.165, 1.54) is 6.07 Å². The van der Waals surface area contributed by atoms with Crippen LogP contribution in [0.5, 0.6) is 5.75 Å². The van der Waals surface area contributed by atoms with Gasteiger partial charge in [0.15, 0.2) is 0 Å². The molecule has 2 aromatic rings. The number of aryl methyl sites for hydroxylation is 1. The number of hydrogen-bond donors (Lipinski definition) is 1. The molecule has 1 amide bonds. The van der Waals surface area contributed by atoms with E-state index in [4.69, 9.17) is 4.74 Å². The molecular formula is C22H27F3N3O2+. The van der Waals surface area contributed by atoms with Crippen molar-refractivity contribution in [2.45, 2.75) is 32.4 Å². The van der Waals surface area contributed by atoms with Crippen molar-refractivity contribution in [3.05, 3.63) is 53.2 Å². The van der Waals surface area contributed by atoms with E-state index in [0.29, 0.717) is 44.7 Å². The van der Waals surface area contributed by atoms with Crippen LogP contribution < -0.4 is 19.9 Å². The number of nitrogens with zero attached hydrogens (tertiary/aromatic N) is 1. The summed E-state index contributed by atoms with van der Waals surface area (Å²) < 4.78 is 43.4. The molecule has 0 spiro atoms. The van der Waals surface area contributed by atoms with Gasteiger partial charge in [-0.1, -0.05) is 17.7 Å². The summed E-state index contributed by atoms with van der Waals surface area (Å²) in [6, 6.07) is 8.50. The molecule has 0 bridgehead atoms. The Balaban J connectivity index is 1.47.